The summed E-state index contributed by atoms with van der Waals surface area (Å²) in [6.07, 6.45) is 1.86. The lowest BCUT2D eigenvalue weighted by Crippen LogP contribution is -2.02. The second kappa shape index (κ2) is 4.17. The lowest BCUT2D eigenvalue weighted by Gasteiger charge is -2.05. The van der Waals surface area contributed by atoms with Crippen molar-refractivity contribution in [2.24, 2.45) is 5.73 Å². The summed E-state index contributed by atoms with van der Waals surface area (Å²) >= 11 is 0. The van der Waals surface area contributed by atoms with Crippen LogP contribution in [0.5, 0.6) is 0 Å². The third-order valence-corrected chi connectivity index (χ3v) is 3.31. The van der Waals surface area contributed by atoms with E-state index in [1.165, 1.54) is 12.1 Å². The van der Waals surface area contributed by atoms with Gasteiger partial charge in [0.25, 0.3) is 0 Å². The third kappa shape index (κ3) is 1.62. The van der Waals surface area contributed by atoms with Gasteiger partial charge in [0.1, 0.15) is 11.6 Å². The molecule has 0 saturated heterocycles. The number of nitrogens with zero attached hydrogens (tertiary/aromatic N) is 2. The quantitative estimate of drug-likeness (QED) is 0.887. The highest BCUT2D eigenvalue weighted by molar-refractivity contribution is 5.70. The molecule has 18 heavy (non-hydrogen) atoms. The maximum absolute atomic E-state index is 13.9. The minimum Gasteiger partial charge on any atom is -0.325 e. The minimum absolute atomic E-state index is 0.256. The number of aromatic nitrogens is 2. The molecule has 0 saturated carbocycles. The molecule has 2 N–H and O–H groups in total. The molecular weight excluding hydrogens is 236 g/mol. The Hall–Kier alpha value is -1.75. The number of aryl methyl sites for hydroxylation is 1. The van der Waals surface area contributed by atoms with Gasteiger partial charge in [-0.05, 0) is 25.0 Å². The van der Waals surface area contributed by atoms with E-state index in [4.69, 9.17) is 5.73 Å². The fraction of sp³-hybridized carbons (Fsp3) is 0.308. The van der Waals surface area contributed by atoms with Gasteiger partial charge in [-0.3, -0.25) is 4.68 Å². The SMILES string of the molecule is NCc1nn2c(c1-c1ccc(F)cc1F)CCC2. The normalized spacial score (nSPS) is 13.9. The molecule has 0 fully saturated rings. The predicted octanol–water partition coefficient (Wildman–Crippen LogP) is 2.23. The van der Waals surface area contributed by atoms with Crippen molar-refractivity contribution < 1.29 is 8.78 Å². The van der Waals surface area contributed by atoms with Gasteiger partial charge >= 0.3 is 0 Å². The topological polar surface area (TPSA) is 43.8 Å². The lowest BCUT2D eigenvalue weighted by atomic mass is 10.0. The highest BCUT2D eigenvalue weighted by Crippen LogP contribution is 2.33. The maximum Gasteiger partial charge on any atom is 0.134 e. The van der Waals surface area contributed by atoms with Gasteiger partial charge in [-0.25, -0.2) is 8.78 Å². The van der Waals surface area contributed by atoms with Crippen molar-refractivity contribution >= 4 is 0 Å². The second-order valence-electron chi connectivity index (χ2n) is 4.42. The summed E-state index contributed by atoms with van der Waals surface area (Å²) in [5.74, 6) is -1.14. The van der Waals surface area contributed by atoms with Crippen LogP contribution in [0.4, 0.5) is 8.78 Å². The molecular formula is C13H13F2N3. The van der Waals surface area contributed by atoms with Crippen LogP contribution in [0.15, 0.2) is 18.2 Å². The summed E-state index contributed by atoms with van der Waals surface area (Å²) in [4.78, 5) is 0. The molecule has 94 valence electrons. The number of hydrogen-bond donors (Lipinski definition) is 1. The number of rotatable bonds is 2. The largest absolute Gasteiger partial charge is 0.325 e. The van der Waals surface area contributed by atoms with Crippen LogP contribution >= 0.6 is 0 Å². The molecule has 2 heterocycles. The Bertz CT molecular complexity index is 605. The average molecular weight is 249 g/mol. The Morgan fingerprint density at radius 3 is 2.89 bits per heavy atom. The second-order valence-corrected chi connectivity index (χ2v) is 4.42. The monoisotopic (exact) mass is 249 g/mol. The van der Waals surface area contributed by atoms with Crippen molar-refractivity contribution in [2.75, 3.05) is 0 Å². The van der Waals surface area contributed by atoms with Crippen LogP contribution in [0, 0.1) is 11.6 Å². The van der Waals surface area contributed by atoms with Crippen LogP contribution in [0.1, 0.15) is 17.8 Å². The molecule has 1 aromatic heterocycles. The highest BCUT2D eigenvalue weighted by atomic mass is 19.1. The number of hydrogen-bond acceptors (Lipinski definition) is 2. The predicted molar refractivity (Wildman–Crippen MR) is 63.8 cm³/mol. The number of benzene rings is 1. The molecule has 2 aromatic rings. The average Bonchev–Trinajstić information content (AvgIpc) is 2.89. The van der Waals surface area contributed by atoms with E-state index in [1.807, 2.05) is 4.68 Å². The molecule has 5 heteroatoms. The minimum atomic E-state index is -0.575. The summed E-state index contributed by atoms with van der Waals surface area (Å²) < 4.78 is 28.7. The zero-order chi connectivity index (χ0) is 12.7. The van der Waals surface area contributed by atoms with Crippen LogP contribution in [-0.2, 0) is 19.5 Å². The zero-order valence-corrected chi connectivity index (χ0v) is 9.79. The summed E-state index contributed by atoms with van der Waals surface area (Å²) in [6, 6.07) is 3.62. The zero-order valence-electron chi connectivity index (χ0n) is 9.79. The van der Waals surface area contributed by atoms with Crippen LogP contribution in [0.2, 0.25) is 0 Å². The fourth-order valence-electron chi connectivity index (χ4n) is 2.53. The van der Waals surface area contributed by atoms with Crippen LogP contribution in [0.3, 0.4) is 0 Å². The molecule has 0 atom stereocenters. The van der Waals surface area contributed by atoms with Crippen molar-refractivity contribution in [2.45, 2.75) is 25.9 Å². The Morgan fingerprint density at radius 2 is 2.17 bits per heavy atom. The molecule has 1 aromatic carbocycles. The van der Waals surface area contributed by atoms with E-state index in [2.05, 4.69) is 5.10 Å². The van der Waals surface area contributed by atoms with Gasteiger partial charge < -0.3 is 5.73 Å². The summed E-state index contributed by atoms with van der Waals surface area (Å²) in [7, 11) is 0. The van der Waals surface area contributed by atoms with E-state index >= 15 is 0 Å². The molecule has 3 nitrogen and oxygen atoms in total. The maximum atomic E-state index is 13.9. The van der Waals surface area contributed by atoms with Crippen molar-refractivity contribution in [3.8, 4) is 11.1 Å². The van der Waals surface area contributed by atoms with Crippen LogP contribution in [0.25, 0.3) is 11.1 Å². The van der Waals surface area contributed by atoms with E-state index in [0.29, 0.717) is 11.3 Å². The first-order valence-corrected chi connectivity index (χ1v) is 5.94. The van der Waals surface area contributed by atoms with Gasteiger partial charge in [-0.2, -0.15) is 5.10 Å². The van der Waals surface area contributed by atoms with E-state index < -0.39 is 11.6 Å². The molecule has 0 radical (unpaired) electrons. The van der Waals surface area contributed by atoms with Crippen LogP contribution < -0.4 is 5.73 Å². The number of nitrogens with two attached hydrogens (primary N) is 1. The fourth-order valence-corrected chi connectivity index (χ4v) is 2.53. The number of halogens is 2. The molecule has 3 rings (SSSR count). The summed E-state index contributed by atoms with van der Waals surface area (Å²) in [6.45, 7) is 1.09. The number of fused-ring (bicyclic) bond motifs is 1. The Labute approximate surface area is 103 Å². The van der Waals surface area contributed by atoms with Gasteiger partial charge in [0.05, 0.1) is 5.69 Å². The molecule has 0 unspecified atom stereocenters. The van der Waals surface area contributed by atoms with Gasteiger partial charge in [0, 0.05) is 36.0 Å². The Kier molecular flexibility index (Phi) is 2.63. The van der Waals surface area contributed by atoms with E-state index in [-0.39, 0.29) is 6.54 Å². The summed E-state index contributed by atoms with van der Waals surface area (Å²) in [5.41, 5.74) is 8.47. The lowest BCUT2D eigenvalue weighted by molar-refractivity contribution is 0.585. The first-order valence-electron chi connectivity index (χ1n) is 5.94. The van der Waals surface area contributed by atoms with Crippen molar-refractivity contribution in [3.05, 3.63) is 41.2 Å². The van der Waals surface area contributed by atoms with Gasteiger partial charge in [-0.15, -0.1) is 0 Å². The van der Waals surface area contributed by atoms with E-state index in [9.17, 15) is 8.78 Å². The highest BCUT2D eigenvalue weighted by Gasteiger charge is 2.23. The van der Waals surface area contributed by atoms with Gasteiger partial charge in [-0.1, -0.05) is 0 Å². The molecule has 1 aliphatic rings. The van der Waals surface area contributed by atoms with Crippen molar-refractivity contribution in [1.82, 2.24) is 9.78 Å². The molecule has 0 aliphatic carbocycles. The Morgan fingerprint density at radius 1 is 1.33 bits per heavy atom. The third-order valence-electron chi connectivity index (χ3n) is 3.31. The molecule has 1 aliphatic heterocycles. The van der Waals surface area contributed by atoms with Crippen LogP contribution in [-0.4, -0.2) is 9.78 Å². The van der Waals surface area contributed by atoms with Gasteiger partial charge in [0.2, 0.25) is 0 Å². The smallest absolute Gasteiger partial charge is 0.134 e. The van der Waals surface area contributed by atoms with Crippen molar-refractivity contribution in [1.29, 1.82) is 0 Å². The Balaban J connectivity index is 2.21. The molecule has 0 spiro atoms. The van der Waals surface area contributed by atoms with Crippen molar-refractivity contribution in [3.63, 3.8) is 0 Å². The molecule has 0 bridgehead atoms. The van der Waals surface area contributed by atoms with E-state index in [0.717, 1.165) is 36.7 Å². The molecule has 0 amide bonds. The van der Waals surface area contributed by atoms with Gasteiger partial charge in [0.15, 0.2) is 0 Å². The standard InChI is InChI=1S/C13H13F2N3/c14-8-3-4-9(10(15)6-8)13-11(7-16)17-18-5-1-2-12(13)18/h3-4,6H,1-2,5,7,16H2. The first-order chi connectivity index (χ1) is 8.70. The summed E-state index contributed by atoms with van der Waals surface area (Å²) in [5, 5.41) is 4.38. The van der Waals surface area contributed by atoms with E-state index in [1.54, 1.807) is 0 Å². The first kappa shape index (κ1) is 11.3.